The van der Waals surface area contributed by atoms with Crippen LogP contribution < -0.4 is 9.62 Å². The molecule has 0 saturated carbocycles. The number of hydrogen-bond donors (Lipinski definition) is 4. The number of rotatable bonds is 6. The van der Waals surface area contributed by atoms with Gasteiger partial charge in [-0.3, -0.25) is 9.10 Å². The van der Waals surface area contributed by atoms with Gasteiger partial charge in [0.1, 0.15) is 11.4 Å². The van der Waals surface area contributed by atoms with Gasteiger partial charge in [0.15, 0.2) is 23.3 Å². The molecule has 0 aliphatic carbocycles. The summed E-state index contributed by atoms with van der Waals surface area (Å²) in [4.78, 5) is 24.9. The van der Waals surface area contributed by atoms with Crippen LogP contribution in [0.25, 0.3) is 0 Å². The Morgan fingerprint density at radius 3 is 2.29 bits per heavy atom. The maximum absolute atomic E-state index is 15.4. The Labute approximate surface area is 192 Å². The molecule has 1 saturated heterocycles. The number of hydrogen-bond acceptors (Lipinski definition) is 5. The number of aliphatic hydroxyl groups is 1. The zero-order valence-corrected chi connectivity index (χ0v) is 18.7. The van der Waals surface area contributed by atoms with E-state index in [0.717, 1.165) is 15.7 Å². The first-order valence-corrected chi connectivity index (χ1v) is 10.8. The summed E-state index contributed by atoms with van der Waals surface area (Å²) in [5, 5.41) is 21.1. The number of halogens is 4. The number of anilines is 2. The number of aromatic nitrogens is 1. The van der Waals surface area contributed by atoms with Crippen LogP contribution in [0.4, 0.5) is 33.7 Å². The van der Waals surface area contributed by atoms with Gasteiger partial charge in [-0.05, 0) is 0 Å². The van der Waals surface area contributed by atoms with E-state index in [4.69, 9.17) is 0 Å². The molecule has 1 fully saturated rings. The summed E-state index contributed by atoms with van der Waals surface area (Å²) in [7, 11) is -2.37. The predicted octanol–water partition coefficient (Wildman–Crippen LogP) is 1.53. The molecule has 2 heterocycles. The molecular weight excluding hydrogens is 488 g/mol. The zero-order chi connectivity index (χ0) is 25.5. The van der Waals surface area contributed by atoms with Crippen LogP contribution in [0.2, 0.25) is 0 Å². The number of thiol groups is 1. The predicted molar refractivity (Wildman–Crippen MR) is 111 cm³/mol. The highest BCUT2D eigenvalue weighted by atomic mass is 32.2. The van der Waals surface area contributed by atoms with E-state index in [-0.39, 0.29) is 13.1 Å². The summed E-state index contributed by atoms with van der Waals surface area (Å²) in [6.07, 6.45) is -0.404. The minimum Gasteiger partial charge on any atom is -0.465 e. The van der Waals surface area contributed by atoms with Crippen LogP contribution >= 0.6 is 0 Å². The smallest absolute Gasteiger partial charge is 0.407 e. The van der Waals surface area contributed by atoms with Gasteiger partial charge >= 0.3 is 6.09 Å². The van der Waals surface area contributed by atoms with Crippen molar-refractivity contribution < 1.29 is 45.8 Å². The number of aliphatic hydroxyl groups excluding tert-OH is 1. The Hall–Kier alpha value is -3.33. The Kier molecular flexibility index (Phi) is 6.80. The molecule has 3 N–H and O–H groups in total. The van der Waals surface area contributed by atoms with Crippen molar-refractivity contribution in [1.29, 1.82) is 0 Å². The summed E-state index contributed by atoms with van der Waals surface area (Å²) in [6.45, 7) is 0.204. The standard InChI is InChI=1S/C19H20F4N4O6S/c1-19(8-28)7-26(18(30)31)6-13(19)27(34(32)33)12-5-25(2)16(15(12)23)17(29)24-9-3-10(20)14(22)11(21)4-9/h3-5,13,28,34H,6-8H2,1-2H3,(H,24,29)(H,30,31). The molecule has 1 aliphatic rings. The molecule has 1 aromatic carbocycles. The fraction of sp³-hybridized carbons (Fsp3) is 0.368. The minimum atomic E-state index is -3.57. The maximum atomic E-state index is 15.4. The number of amides is 2. The highest BCUT2D eigenvalue weighted by molar-refractivity contribution is 7.74. The summed E-state index contributed by atoms with van der Waals surface area (Å²) < 4.78 is 81.1. The fourth-order valence-corrected chi connectivity index (χ4v) is 4.79. The largest absolute Gasteiger partial charge is 0.465 e. The summed E-state index contributed by atoms with van der Waals surface area (Å²) in [6, 6.07) is -0.252. The van der Waals surface area contributed by atoms with Gasteiger partial charge in [-0.1, -0.05) is 6.92 Å². The number of benzene rings is 1. The van der Waals surface area contributed by atoms with Gasteiger partial charge in [-0.15, -0.1) is 0 Å². The van der Waals surface area contributed by atoms with Gasteiger partial charge in [0.25, 0.3) is 5.91 Å². The molecule has 3 rings (SSSR count). The first-order valence-electron chi connectivity index (χ1n) is 9.63. The van der Waals surface area contributed by atoms with Crippen molar-refractivity contribution >= 4 is 34.3 Å². The molecule has 2 unspecified atom stereocenters. The second-order valence-corrected chi connectivity index (χ2v) is 8.98. The van der Waals surface area contributed by atoms with Crippen LogP contribution in [0.1, 0.15) is 17.4 Å². The van der Waals surface area contributed by atoms with Gasteiger partial charge in [-0.2, -0.15) is 0 Å². The maximum Gasteiger partial charge on any atom is 0.407 e. The first kappa shape index (κ1) is 25.3. The van der Waals surface area contributed by atoms with Crippen molar-refractivity contribution in [1.82, 2.24) is 9.47 Å². The second-order valence-electron chi connectivity index (χ2n) is 8.07. The Morgan fingerprint density at radius 1 is 1.21 bits per heavy atom. The van der Waals surface area contributed by atoms with Crippen LogP contribution in [-0.2, 0) is 17.9 Å². The molecular formula is C19H20F4N4O6S. The molecule has 10 nitrogen and oxygen atoms in total. The Balaban J connectivity index is 2.01. The number of aryl methyl sites for hydroxylation is 1. The van der Waals surface area contributed by atoms with Gasteiger partial charge in [-0.25, -0.2) is 30.8 Å². The molecule has 2 amide bonds. The van der Waals surface area contributed by atoms with Gasteiger partial charge in [0, 0.05) is 49.6 Å². The number of carboxylic acid groups (broad SMARTS) is 1. The summed E-state index contributed by atoms with van der Waals surface area (Å²) in [5.41, 5.74) is -3.13. The lowest BCUT2D eigenvalue weighted by molar-refractivity contribution is 0.101. The van der Waals surface area contributed by atoms with Crippen molar-refractivity contribution in [3.05, 3.63) is 47.3 Å². The van der Waals surface area contributed by atoms with Crippen LogP contribution in [0, 0.1) is 28.7 Å². The van der Waals surface area contributed by atoms with E-state index in [1.54, 1.807) is 0 Å². The van der Waals surface area contributed by atoms with Gasteiger partial charge in [0.2, 0.25) is 10.9 Å². The Bertz CT molecular complexity index is 1200. The van der Waals surface area contributed by atoms with Crippen LogP contribution in [0.5, 0.6) is 0 Å². The van der Waals surface area contributed by atoms with Crippen LogP contribution in [0.15, 0.2) is 18.3 Å². The minimum absolute atomic E-state index is 0.229. The topological polar surface area (TPSA) is 132 Å². The third-order valence-electron chi connectivity index (χ3n) is 5.66. The summed E-state index contributed by atoms with van der Waals surface area (Å²) in [5.74, 6) is -7.49. The van der Waals surface area contributed by atoms with Crippen molar-refractivity contribution in [2.24, 2.45) is 12.5 Å². The molecule has 1 aromatic heterocycles. The lowest BCUT2D eigenvalue weighted by atomic mass is 9.86. The van der Waals surface area contributed by atoms with E-state index in [0.29, 0.717) is 16.4 Å². The molecule has 0 spiro atoms. The molecule has 2 atom stereocenters. The molecule has 2 aromatic rings. The number of likely N-dealkylation sites (tertiary alicyclic amines) is 1. The van der Waals surface area contributed by atoms with Crippen molar-refractivity contribution in [2.75, 3.05) is 29.3 Å². The third-order valence-corrected chi connectivity index (χ3v) is 6.50. The van der Waals surface area contributed by atoms with Crippen molar-refractivity contribution in [3.8, 4) is 0 Å². The average Bonchev–Trinajstić information content (AvgIpc) is 3.23. The van der Waals surface area contributed by atoms with Crippen LogP contribution in [0.3, 0.4) is 0 Å². The van der Waals surface area contributed by atoms with Gasteiger partial charge < -0.3 is 25.0 Å². The van der Waals surface area contributed by atoms with E-state index >= 15 is 4.39 Å². The van der Waals surface area contributed by atoms with E-state index in [2.05, 4.69) is 0 Å². The average molecular weight is 508 g/mol. The zero-order valence-electron chi connectivity index (χ0n) is 17.8. The number of nitrogens with one attached hydrogen (secondary N) is 1. The highest BCUT2D eigenvalue weighted by Gasteiger charge is 2.49. The SMILES string of the molecule is Cn1cc(N(C2CN(C(=O)O)CC2(C)CO)[SH](=O)=O)c(F)c1C(=O)Nc1cc(F)c(F)c(F)c1. The molecule has 0 bridgehead atoms. The quantitative estimate of drug-likeness (QED) is 0.266. The molecule has 15 heteroatoms. The Morgan fingerprint density at radius 2 is 1.79 bits per heavy atom. The van der Waals surface area contributed by atoms with Crippen molar-refractivity contribution in [3.63, 3.8) is 0 Å². The third kappa shape index (κ3) is 4.40. The number of carbonyl (C=O) groups excluding carboxylic acids is 1. The van der Waals surface area contributed by atoms with E-state index in [1.165, 1.54) is 14.0 Å². The monoisotopic (exact) mass is 508 g/mol. The van der Waals surface area contributed by atoms with Gasteiger partial charge in [0.05, 0.1) is 12.6 Å². The second kappa shape index (κ2) is 9.13. The lowest BCUT2D eigenvalue weighted by Crippen LogP contribution is -2.47. The molecule has 1 aliphatic heterocycles. The van der Waals surface area contributed by atoms with E-state index < -0.39 is 81.3 Å². The fourth-order valence-electron chi connectivity index (χ4n) is 3.90. The normalized spacial score (nSPS) is 20.1. The summed E-state index contributed by atoms with van der Waals surface area (Å²) >= 11 is 0. The van der Waals surface area contributed by atoms with Crippen LogP contribution in [-0.4, -0.2) is 65.8 Å². The lowest BCUT2D eigenvalue weighted by Gasteiger charge is -2.34. The molecule has 0 radical (unpaired) electrons. The molecule has 186 valence electrons. The number of carbonyl (C=O) groups is 2. The van der Waals surface area contributed by atoms with E-state index in [9.17, 15) is 41.4 Å². The van der Waals surface area contributed by atoms with E-state index in [1.807, 2.05) is 5.32 Å². The highest BCUT2D eigenvalue weighted by Crippen LogP contribution is 2.38. The first-order chi connectivity index (χ1) is 15.8. The molecule has 34 heavy (non-hydrogen) atoms. The van der Waals surface area contributed by atoms with Crippen molar-refractivity contribution in [2.45, 2.75) is 13.0 Å². The number of nitrogens with zero attached hydrogens (tertiary/aromatic N) is 3.